The van der Waals surface area contributed by atoms with Gasteiger partial charge in [-0.05, 0) is 44.0 Å². The molecular weight excluding hydrogens is 274 g/mol. The van der Waals surface area contributed by atoms with E-state index in [9.17, 15) is 4.21 Å². The summed E-state index contributed by atoms with van der Waals surface area (Å²) < 4.78 is 19.6. The van der Waals surface area contributed by atoms with Gasteiger partial charge in [0.25, 0.3) is 0 Å². The van der Waals surface area contributed by atoms with Crippen LogP contribution >= 0.6 is 0 Å². The molecule has 0 amide bonds. The van der Waals surface area contributed by atoms with E-state index in [4.69, 9.17) is 10.5 Å². The Morgan fingerprint density at radius 3 is 2.70 bits per heavy atom. The van der Waals surface area contributed by atoms with Crippen LogP contribution in [0.5, 0.6) is 0 Å². The Bertz CT molecular complexity index is 473. The minimum atomic E-state index is -1.19. The first-order valence-electron chi connectivity index (χ1n) is 6.88. The number of anilines is 2. The fraction of sp³-hybridized carbons (Fsp3) is 0.571. The van der Waals surface area contributed by atoms with Crippen LogP contribution in [0.4, 0.5) is 11.4 Å². The smallest absolute Gasteiger partial charge is 0.124 e. The summed E-state index contributed by atoms with van der Waals surface area (Å²) in [5.74, 6) is 0.647. The van der Waals surface area contributed by atoms with Crippen LogP contribution in [0.1, 0.15) is 12.8 Å². The summed E-state index contributed by atoms with van der Waals surface area (Å²) >= 11 is 0. The van der Waals surface area contributed by atoms with Gasteiger partial charge in [0.1, 0.15) is 11.0 Å². The van der Waals surface area contributed by atoms with Crippen LogP contribution in [0.2, 0.25) is 0 Å². The molecule has 1 fully saturated rings. The zero-order valence-corrected chi connectivity index (χ0v) is 12.9. The molecule has 1 aromatic rings. The molecule has 3 N–H and O–H groups in total. The molecule has 0 aromatic heterocycles. The second-order valence-corrected chi connectivity index (χ2v) is 6.50. The number of piperidine rings is 1. The van der Waals surface area contributed by atoms with Crippen molar-refractivity contribution in [1.82, 2.24) is 4.72 Å². The van der Waals surface area contributed by atoms with E-state index in [1.807, 2.05) is 12.1 Å². The maximum atomic E-state index is 11.7. The highest BCUT2D eigenvalue weighted by Crippen LogP contribution is 2.29. The van der Waals surface area contributed by atoms with Crippen LogP contribution < -0.4 is 15.4 Å². The number of ether oxygens (including phenoxy) is 1. The molecule has 0 radical (unpaired) electrons. The van der Waals surface area contributed by atoms with E-state index < -0.39 is 11.0 Å². The molecule has 2 rings (SSSR count). The van der Waals surface area contributed by atoms with E-state index in [1.54, 1.807) is 20.2 Å². The van der Waals surface area contributed by atoms with Gasteiger partial charge in [0, 0.05) is 26.8 Å². The molecule has 0 aliphatic carbocycles. The number of nitrogens with one attached hydrogen (secondary N) is 1. The Morgan fingerprint density at radius 1 is 1.45 bits per heavy atom. The largest absolute Gasteiger partial charge is 0.397 e. The van der Waals surface area contributed by atoms with Gasteiger partial charge in [-0.15, -0.1) is 0 Å². The molecule has 1 aliphatic rings. The monoisotopic (exact) mass is 297 g/mol. The molecule has 1 atom stereocenters. The van der Waals surface area contributed by atoms with Crippen molar-refractivity contribution in [3.05, 3.63) is 18.2 Å². The van der Waals surface area contributed by atoms with Gasteiger partial charge in [-0.1, -0.05) is 0 Å². The number of nitrogens with two attached hydrogens (primary N) is 1. The normalized spacial score (nSPS) is 18.2. The quantitative estimate of drug-likeness (QED) is 0.806. The molecule has 5 nitrogen and oxygen atoms in total. The summed E-state index contributed by atoms with van der Waals surface area (Å²) in [5, 5.41) is 0. The van der Waals surface area contributed by atoms with Gasteiger partial charge in [-0.2, -0.15) is 0 Å². The Hall–Kier alpha value is -1.11. The standard InChI is InChI=1S/C14H23N3O2S/c1-16-20(18)12-3-4-14(13(15)9-12)17-7-5-11(6-8-17)10-19-2/h3-4,9,11,16H,5-8,10,15H2,1-2H3. The Balaban J connectivity index is 2.05. The highest BCUT2D eigenvalue weighted by molar-refractivity contribution is 7.83. The predicted octanol–water partition coefficient (Wildman–Crippen LogP) is 1.37. The minimum absolute atomic E-state index is 0.647. The van der Waals surface area contributed by atoms with Crippen molar-refractivity contribution in [2.24, 2.45) is 5.92 Å². The van der Waals surface area contributed by atoms with E-state index in [0.717, 1.165) is 38.2 Å². The number of methoxy groups -OCH3 is 1. The molecule has 1 heterocycles. The lowest BCUT2D eigenvalue weighted by atomic mass is 9.97. The van der Waals surface area contributed by atoms with Crippen LogP contribution in [0.15, 0.2) is 23.1 Å². The summed E-state index contributed by atoms with van der Waals surface area (Å²) in [7, 11) is 2.24. The molecule has 0 spiro atoms. The molecule has 1 unspecified atom stereocenters. The third-order valence-electron chi connectivity index (χ3n) is 3.76. The van der Waals surface area contributed by atoms with Crippen LogP contribution in [-0.2, 0) is 15.7 Å². The second kappa shape index (κ2) is 7.06. The van der Waals surface area contributed by atoms with Crippen LogP contribution in [0, 0.1) is 5.92 Å². The number of hydrogen-bond acceptors (Lipinski definition) is 4. The maximum absolute atomic E-state index is 11.7. The van der Waals surface area contributed by atoms with Crippen molar-refractivity contribution in [2.75, 3.05) is 44.5 Å². The maximum Gasteiger partial charge on any atom is 0.124 e. The van der Waals surface area contributed by atoms with E-state index >= 15 is 0 Å². The first-order chi connectivity index (χ1) is 9.65. The predicted molar refractivity (Wildman–Crippen MR) is 83.1 cm³/mol. The number of nitrogen functional groups attached to an aromatic ring is 1. The summed E-state index contributed by atoms with van der Waals surface area (Å²) in [4.78, 5) is 3.01. The van der Waals surface area contributed by atoms with Crippen molar-refractivity contribution in [3.63, 3.8) is 0 Å². The number of benzene rings is 1. The van der Waals surface area contributed by atoms with Gasteiger partial charge in [-0.25, -0.2) is 8.93 Å². The van der Waals surface area contributed by atoms with E-state index in [1.165, 1.54) is 0 Å². The summed E-state index contributed by atoms with van der Waals surface area (Å²) in [6, 6.07) is 5.64. The number of nitrogens with zero attached hydrogens (tertiary/aromatic N) is 1. The fourth-order valence-corrected chi connectivity index (χ4v) is 3.29. The van der Waals surface area contributed by atoms with E-state index in [2.05, 4.69) is 9.62 Å². The van der Waals surface area contributed by atoms with Crippen LogP contribution in [-0.4, -0.2) is 38.1 Å². The van der Waals surface area contributed by atoms with Crippen molar-refractivity contribution >= 4 is 22.4 Å². The van der Waals surface area contributed by atoms with E-state index in [0.29, 0.717) is 16.5 Å². The summed E-state index contributed by atoms with van der Waals surface area (Å²) in [6.45, 7) is 2.82. The van der Waals surface area contributed by atoms with Crippen LogP contribution in [0.3, 0.4) is 0 Å². The molecule has 1 aliphatic heterocycles. The molecule has 0 bridgehead atoms. The molecule has 20 heavy (non-hydrogen) atoms. The topological polar surface area (TPSA) is 67.6 Å². The van der Waals surface area contributed by atoms with Gasteiger partial charge in [0.05, 0.1) is 16.3 Å². The first-order valence-corrected chi connectivity index (χ1v) is 8.03. The average molecular weight is 297 g/mol. The summed E-state index contributed by atoms with van der Waals surface area (Å²) in [6.07, 6.45) is 2.24. The zero-order valence-electron chi connectivity index (χ0n) is 12.1. The lowest BCUT2D eigenvalue weighted by Gasteiger charge is -2.34. The van der Waals surface area contributed by atoms with E-state index in [-0.39, 0.29) is 0 Å². The SMILES string of the molecule is CNS(=O)c1ccc(N2CCC(COC)CC2)c(N)c1. The van der Waals surface area contributed by atoms with Gasteiger partial charge in [0.15, 0.2) is 0 Å². The zero-order chi connectivity index (χ0) is 14.5. The number of hydrogen-bond donors (Lipinski definition) is 2. The Kier molecular flexibility index (Phi) is 5.39. The van der Waals surface area contributed by atoms with Crippen LogP contribution in [0.25, 0.3) is 0 Å². The Labute approximate surface area is 123 Å². The third-order valence-corrected chi connectivity index (χ3v) is 4.81. The Morgan fingerprint density at radius 2 is 2.15 bits per heavy atom. The summed E-state index contributed by atoms with van der Waals surface area (Å²) in [5.41, 5.74) is 7.84. The van der Waals surface area contributed by atoms with Gasteiger partial charge >= 0.3 is 0 Å². The van der Waals surface area contributed by atoms with Gasteiger partial charge < -0.3 is 15.4 Å². The van der Waals surface area contributed by atoms with Crippen molar-refractivity contribution in [3.8, 4) is 0 Å². The second-order valence-electron chi connectivity index (χ2n) is 5.08. The lowest BCUT2D eigenvalue weighted by Crippen LogP contribution is -2.35. The molecule has 0 saturated carbocycles. The fourth-order valence-electron chi connectivity index (χ4n) is 2.63. The lowest BCUT2D eigenvalue weighted by molar-refractivity contribution is 0.139. The van der Waals surface area contributed by atoms with Gasteiger partial charge in [-0.3, -0.25) is 0 Å². The third kappa shape index (κ3) is 3.50. The molecule has 1 aromatic carbocycles. The van der Waals surface area contributed by atoms with Crippen molar-refractivity contribution in [2.45, 2.75) is 17.7 Å². The van der Waals surface area contributed by atoms with Gasteiger partial charge in [0.2, 0.25) is 0 Å². The molecular formula is C14H23N3O2S. The first kappa shape index (κ1) is 15.3. The van der Waals surface area contributed by atoms with Crippen molar-refractivity contribution < 1.29 is 8.95 Å². The number of rotatable bonds is 5. The minimum Gasteiger partial charge on any atom is -0.397 e. The molecule has 6 heteroatoms. The highest BCUT2D eigenvalue weighted by atomic mass is 32.2. The average Bonchev–Trinajstić information content (AvgIpc) is 2.47. The molecule has 112 valence electrons. The van der Waals surface area contributed by atoms with Crippen molar-refractivity contribution in [1.29, 1.82) is 0 Å². The highest BCUT2D eigenvalue weighted by Gasteiger charge is 2.20. The molecule has 1 saturated heterocycles.